The number of imidazole rings is 1. The van der Waals surface area contributed by atoms with E-state index in [1.165, 1.54) is 18.2 Å². The molecular weight excluding hydrogens is 440 g/mol. The van der Waals surface area contributed by atoms with Crippen molar-refractivity contribution < 1.29 is 19.6 Å². The normalized spacial score (nSPS) is 11.4. The third-order valence-electron chi connectivity index (χ3n) is 5.09. The molecule has 0 aliphatic carbocycles. The molecule has 0 spiro atoms. The Labute approximate surface area is 190 Å². The van der Waals surface area contributed by atoms with E-state index in [-0.39, 0.29) is 29.2 Å². The van der Waals surface area contributed by atoms with Gasteiger partial charge in [0.05, 0.1) is 21.5 Å². The van der Waals surface area contributed by atoms with Crippen LogP contribution in [0.1, 0.15) is 0 Å². The van der Waals surface area contributed by atoms with E-state index in [2.05, 4.69) is 25.2 Å². The van der Waals surface area contributed by atoms with Crippen LogP contribution in [0.4, 0.5) is 11.4 Å². The van der Waals surface area contributed by atoms with E-state index in [0.29, 0.717) is 11.3 Å². The molecule has 0 fully saturated rings. The fourth-order valence-electron chi connectivity index (χ4n) is 3.44. The molecule has 0 bridgehead atoms. The Hall–Kier alpha value is -5.06. The number of ether oxygens (including phenoxy) is 1. The van der Waals surface area contributed by atoms with Gasteiger partial charge in [0.2, 0.25) is 5.88 Å². The fraction of sp³-hybridized carbons (Fsp3) is 0.0435. The van der Waals surface area contributed by atoms with Crippen molar-refractivity contribution in [1.29, 1.82) is 0 Å². The number of carbonyl (C=O) groups excluding carboxylic acids is 1. The number of aromatic amines is 2. The summed E-state index contributed by atoms with van der Waals surface area (Å²) in [5.41, 5.74) is 2.84. The minimum Gasteiger partial charge on any atom is -0.493 e. The van der Waals surface area contributed by atoms with Crippen LogP contribution >= 0.6 is 0 Å². The molecule has 2 heterocycles. The summed E-state index contributed by atoms with van der Waals surface area (Å²) >= 11 is 0. The molecule has 0 aliphatic heterocycles. The number of rotatable bonds is 6. The third kappa shape index (κ3) is 4.05. The summed E-state index contributed by atoms with van der Waals surface area (Å²) in [6.45, 7) is -0.378. The summed E-state index contributed by atoms with van der Waals surface area (Å²) in [7, 11) is 0. The summed E-state index contributed by atoms with van der Waals surface area (Å²) in [4.78, 5) is 33.0. The van der Waals surface area contributed by atoms with Gasteiger partial charge in [0.15, 0.2) is 12.3 Å². The van der Waals surface area contributed by atoms with Crippen molar-refractivity contribution in [1.82, 2.24) is 15.0 Å². The Morgan fingerprint density at radius 3 is 2.62 bits per heavy atom. The summed E-state index contributed by atoms with van der Waals surface area (Å²) in [6.07, 6.45) is 0. The third-order valence-corrected chi connectivity index (χ3v) is 5.09. The molecule has 34 heavy (non-hydrogen) atoms. The van der Waals surface area contributed by atoms with Crippen molar-refractivity contribution in [3.63, 3.8) is 0 Å². The molecule has 2 aromatic heterocycles. The molecule has 0 atom stereocenters. The van der Waals surface area contributed by atoms with Gasteiger partial charge in [0, 0.05) is 23.1 Å². The van der Waals surface area contributed by atoms with Gasteiger partial charge in [0.25, 0.3) is 5.69 Å². The van der Waals surface area contributed by atoms with E-state index in [4.69, 9.17) is 4.74 Å². The Bertz CT molecular complexity index is 1540. The first kappa shape index (κ1) is 20.8. The lowest BCUT2D eigenvalue weighted by molar-refractivity contribution is -0.384. The number of azo groups is 1. The van der Waals surface area contributed by atoms with E-state index in [9.17, 15) is 20.0 Å². The van der Waals surface area contributed by atoms with Crippen LogP contribution in [0.3, 0.4) is 0 Å². The van der Waals surface area contributed by atoms with Gasteiger partial charge in [-0.3, -0.25) is 14.9 Å². The maximum absolute atomic E-state index is 12.1. The second-order valence-electron chi connectivity index (χ2n) is 7.32. The van der Waals surface area contributed by atoms with Gasteiger partial charge < -0.3 is 19.8 Å². The lowest BCUT2D eigenvalue weighted by Gasteiger charge is -2.04. The van der Waals surface area contributed by atoms with E-state index >= 15 is 0 Å². The van der Waals surface area contributed by atoms with Crippen LogP contribution in [0.15, 0.2) is 77.0 Å². The summed E-state index contributed by atoms with van der Waals surface area (Å²) in [5.74, 6) is 0.125. The van der Waals surface area contributed by atoms with Crippen LogP contribution in [-0.4, -0.2) is 37.5 Å². The van der Waals surface area contributed by atoms with E-state index in [0.717, 1.165) is 22.4 Å². The van der Waals surface area contributed by atoms with Crippen molar-refractivity contribution in [2.75, 3.05) is 6.61 Å². The first-order valence-corrected chi connectivity index (χ1v) is 10.1. The predicted molar refractivity (Wildman–Crippen MR) is 123 cm³/mol. The molecule has 0 radical (unpaired) electrons. The molecule has 11 heteroatoms. The Balaban J connectivity index is 1.25. The number of aromatic nitrogens is 3. The highest BCUT2D eigenvalue weighted by Crippen LogP contribution is 2.37. The second-order valence-corrected chi connectivity index (χ2v) is 7.32. The SMILES string of the molecule is O=C(COc1ccc(-c2nc3ccccc3[nH]2)cc1)N=Nc1c(O)[nH]c2ccc([N+](=O)[O-])cc12. The highest BCUT2D eigenvalue weighted by molar-refractivity contribution is 5.95. The molecule has 0 saturated heterocycles. The number of nitro groups is 1. The average Bonchev–Trinajstić information content (AvgIpc) is 3.41. The van der Waals surface area contributed by atoms with E-state index < -0.39 is 10.8 Å². The summed E-state index contributed by atoms with van der Waals surface area (Å²) < 4.78 is 5.46. The lowest BCUT2D eigenvalue weighted by Crippen LogP contribution is -2.07. The number of nitrogens with zero attached hydrogens (tertiary/aromatic N) is 4. The van der Waals surface area contributed by atoms with Gasteiger partial charge in [0.1, 0.15) is 11.6 Å². The van der Waals surface area contributed by atoms with Crippen LogP contribution in [0.2, 0.25) is 0 Å². The molecule has 168 valence electrons. The molecule has 0 unspecified atom stereocenters. The summed E-state index contributed by atoms with van der Waals surface area (Å²) in [6, 6.07) is 18.7. The van der Waals surface area contributed by atoms with Crippen LogP contribution < -0.4 is 4.74 Å². The number of aromatic hydroxyl groups is 1. The number of hydrogen-bond donors (Lipinski definition) is 3. The van der Waals surface area contributed by atoms with Crippen LogP contribution in [0, 0.1) is 10.1 Å². The largest absolute Gasteiger partial charge is 0.493 e. The lowest BCUT2D eigenvalue weighted by atomic mass is 10.2. The molecule has 3 aromatic carbocycles. The van der Waals surface area contributed by atoms with Crippen LogP contribution in [0.5, 0.6) is 11.6 Å². The summed E-state index contributed by atoms with van der Waals surface area (Å²) in [5, 5.41) is 28.6. The van der Waals surface area contributed by atoms with Gasteiger partial charge in [-0.1, -0.05) is 12.1 Å². The highest BCUT2D eigenvalue weighted by Gasteiger charge is 2.15. The van der Waals surface area contributed by atoms with Crippen molar-refractivity contribution in [2.45, 2.75) is 0 Å². The van der Waals surface area contributed by atoms with Crippen molar-refractivity contribution in [3.05, 3.63) is 76.8 Å². The van der Waals surface area contributed by atoms with Gasteiger partial charge in [-0.2, -0.15) is 0 Å². The Kier molecular flexibility index (Phi) is 5.18. The maximum atomic E-state index is 12.1. The highest BCUT2D eigenvalue weighted by atomic mass is 16.6. The molecule has 0 aliphatic rings. The number of carbonyl (C=O) groups is 1. The van der Waals surface area contributed by atoms with Crippen molar-refractivity contribution in [3.8, 4) is 23.0 Å². The zero-order valence-electron chi connectivity index (χ0n) is 17.4. The minimum atomic E-state index is -0.694. The number of nitrogens with one attached hydrogen (secondary N) is 2. The number of fused-ring (bicyclic) bond motifs is 2. The van der Waals surface area contributed by atoms with E-state index in [1.54, 1.807) is 12.1 Å². The Morgan fingerprint density at radius 1 is 1.06 bits per heavy atom. The smallest absolute Gasteiger partial charge is 0.302 e. The van der Waals surface area contributed by atoms with Gasteiger partial charge in [-0.25, -0.2) is 4.98 Å². The number of H-pyrrole nitrogens is 2. The molecule has 5 aromatic rings. The Morgan fingerprint density at radius 2 is 1.85 bits per heavy atom. The average molecular weight is 456 g/mol. The zero-order chi connectivity index (χ0) is 23.7. The quantitative estimate of drug-likeness (QED) is 0.185. The van der Waals surface area contributed by atoms with Gasteiger partial charge >= 0.3 is 5.91 Å². The number of benzene rings is 3. The van der Waals surface area contributed by atoms with Crippen LogP contribution in [0.25, 0.3) is 33.3 Å². The minimum absolute atomic E-state index is 0.0674. The standard InChI is InChI=1S/C23H16N6O5/c30-20(27-28-21-16-11-14(29(32)33)7-10-17(16)26-23(21)31)12-34-15-8-5-13(6-9-15)22-24-18-3-1-2-4-19(18)25-22/h1-11,26,31H,12H2,(H,24,25). The molecule has 5 rings (SSSR count). The van der Waals surface area contributed by atoms with Gasteiger partial charge in [-0.05, 0) is 42.5 Å². The monoisotopic (exact) mass is 456 g/mol. The molecule has 11 nitrogen and oxygen atoms in total. The first-order chi connectivity index (χ1) is 16.5. The number of non-ortho nitro benzene ring substituents is 1. The van der Waals surface area contributed by atoms with Crippen molar-refractivity contribution in [2.24, 2.45) is 10.2 Å². The topological polar surface area (TPSA) is 159 Å². The van der Waals surface area contributed by atoms with Crippen molar-refractivity contribution >= 4 is 39.2 Å². The number of hydrogen-bond acceptors (Lipinski definition) is 7. The fourth-order valence-corrected chi connectivity index (χ4v) is 3.44. The number of amides is 1. The number of para-hydroxylation sites is 2. The molecule has 0 saturated carbocycles. The molecule has 3 N–H and O–H groups in total. The van der Waals surface area contributed by atoms with Crippen LogP contribution in [-0.2, 0) is 4.79 Å². The zero-order valence-corrected chi connectivity index (χ0v) is 17.4. The maximum Gasteiger partial charge on any atom is 0.302 e. The first-order valence-electron chi connectivity index (χ1n) is 10.1. The molecule has 1 amide bonds. The van der Waals surface area contributed by atoms with Gasteiger partial charge in [-0.15, -0.1) is 10.2 Å². The van der Waals surface area contributed by atoms with E-state index in [1.807, 2.05) is 36.4 Å². The number of nitro benzene ring substituents is 1. The molecular formula is C23H16N6O5. The second kappa shape index (κ2) is 8.47. The predicted octanol–water partition coefficient (Wildman–Crippen LogP) is 5.01.